The third-order valence-corrected chi connectivity index (χ3v) is 3.35. The van der Waals surface area contributed by atoms with Crippen LogP contribution >= 0.6 is 0 Å². The first-order chi connectivity index (χ1) is 9.69. The van der Waals surface area contributed by atoms with Gasteiger partial charge in [0, 0.05) is 24.7 Å². The molecule has 3 heterocycles. The van der Waals surface area contributed by atoms with Crippen molar-refractivity contribution in [2.75, 3.05) is 7.11 Å². The van der Waals surface area contributed by atoms with Gasteiger partial charge < -0.3 is 10.1 Å². The van der Waals surface area contributed by atoms with Crippen molar-refractivity contribution in [3.05, 3.63) is 29.3 Å². The highest BCUT2D eigenvalue weighted by molar-refractivity contribution is 5.52. The fourth-order valence-electron chi connectivity index (χ4n) is 2.36. The molecule has 2 aromatic rings. The Morgan fingerprint density at radius 1 is 1.20 bits per heavy atom. The van der Waals surface area contributed by atoms with Crippen LogP contribution in [-0.4, -0.2) is 27.0 Å². The normalized spacial score (nSPS) is 13.6. The van der Waals surface area contributed by atoms with E-state index in [1.807, 2.05) is 0 Å². The average molecular weight is 271 g/mol. The smallest absolute Gasteiger partial charge is 0.216 e. The zero-order valence-electron chi connectivity index (χ0n) is 11.8. The van der Waals surface area contributed by atoms with E-state index in [-0.39, 0.29) is 0 Å². The first-order valence-corrected chi connectivity index (χ1v) is 6.66. The number of hydrogen-bond donors (Lipinski definition) is 1. The van der Waals surface area contributed by atoms with Gasteiger partial charge in [-0.05, 0) is 5.92 Å². The summed E-state index contributed by atoms with van der Waals surface area (Å²) < 4.78 is 5.13. The van der Waals surface area contributed by atoms with Crippen molar-refractivity contribution in [1.82, 2.24) is 25.3 Å². The molecule has 1 N–H and O–H groups in total. The Bertz CT molecular complexity index is 641. The highest BCUT2D eigenvalue weighted by atomic mass is 16.5. The molecular formula is C14H17N5O. The predicted octanol–water partition coefficient (Wildman–Crippen LogP) is 1.67. The molecule has 0 atom stereocenters. The zero-order valence-corrected chi connectivity index (χ0v) is 11.8. The van der Waals surface area contributed by atoms with E-state index in [2.05, 4.69) is 34.1 Å². The van der Waals surface area contributed by atoms with Gasteiger partial charge in [-0.25, -0.2) is 19.9 Å². The number of nitrogens with one attached hydrogen (secondary N) is 1. The Labute approximate surface area is 117 Å². The van der Waals surface area contributed by atoms with Crippen LogP contribution in [0.4, 0.5) is 0 Å². The standard InChI is InChI=1S/C14H17N5O/c1-8(2)13-9-5-15-6-11(9)18-14(19-13)10-4-12(20-3)17-7-16-10/h4,7-8,15H,5-6H2,1-3H3. The Morgan fingerprint density at radius 3 is 2.80 bits per heavy atom. The average Bonchev–Trinajstić information content (AvgIpc) is 2.94. The van der Waals surface area contributed by atoms with Crippen molar-refractivity contribution in [1.29, 1.82) is 0 Å². The summed E-state index contributed by atoms with van der Waals surface area (Å²) in [5.74, 6) is 1.51. The van der Waals surface area contributed by atoms with Gasteiger partial charge in [0.1, 0.15) is 12.0 Å². The van der Waals surface area contributed by atoms with Crippen LogP contribution in [0.1, 0.15) is 36.7 Å². The van der Waals surface area contributed by atoms with Crippen LogP contribution in [0.15, 0.2) is 12.4 Å². The highest BCUT2D eigenvalue weighted by Crippen LogP contribution is 2.26. The van der Waals surface area contributed by atoms with Crippen LogP contribution in [0.5, 0.6) is 5.88 Å². The molecule has 0 saturated heterocycles. The molecule has 0 unspecified atom stereocenters. The molecule has 0 spiro atoms. The van der Waals surface area contributed by atoms with Crippen molar-refractivity contribution in [3.63, 3.8) is 0 Å². The summed E-state index contributed by atoms with van der Waals surface area (Å²) in [4.78, 5) is 17.6. The van der Waals surface area contributed by atoms with Crippen molar-refractivity contribution >= 4 is 0 Å². The maximum atomic E-state index is 5.13. The van der Waals surface area contributed by atoms with Crippen LogP contribution in [0.25, 0.3) is 11.5 Å². The van der Waals surface area contributed by atoms with Gasteiger partial charge in [0.2, 0.25) is 5.88 Å². The van der Waals surface area contributed by atoms with Crippen molar-refractivity contribution in [2.45, 2.75) is 32.9 Å². The summed E-state index contributed by atoms with van der Waals surface area (Å²) in [5.41, 5.74) is 4.07. The lowest BCUT2D eigenvalue weighted by atomic mass is 10.0. The van der Waals surface area contributed by atoms with Gasteiger partial charge in [0.15, 0.2) is 5.82 Å². The summed E-state index contributed by atoms with van der Waals surface area (Å²) in [5, 5.41) is 3.32. The summed E-state index contributed by atoms with van der Waals surface area (Å²) >= 11 is 0. The first-order valence-electron chi connectivity index (χ1n) is 6.66. The molecule has 1 aliphatic rings. The fraction of sp³-hybridized carbons (Fsp3) is 0.429. The second-order valence-corrected chi connectivity index (χ2v) is 5.06. The van der Waals surface area contributed by atoms with Gasteiger partial charge in [0.25, 0.3) is 0 Å². The van der Waals surface area contributed by atoms with Crippen molar-refractivity contribution in [3.8, 4) is 17.4 Å². The predicted molar refractivity (Wildman–Crippen MR) is 74.2 cm³/mol. The van der Waals surface area contributed by atoms with E-state index in [0.717, 1.165) is 24.5 Å². The van der Waals surface area contributed by atoms with Crippen LogP contribution in [0.3, 0.4) is 0 Å². The van der Waals surface area contributed by atoms with Crippen LogP contribution in [-0.2, 0) is 13.1 Å². The Morgan fingerprint density at radius 2 is 2.05 bits per heavy atom. The number of fused-ring (bicyclic) bond motifs is 1. The number of rotatable bonds is 3. The van der Waals surface area contributed by atoms with Gasteiger partial charge >= 0.3 is 0 Å². The van der Waals surface area contributed by atoms with E-state index in [1.165, 1.54) is 11.9 Å². The SMILES string of the molecule is COc1cc(-c2nc3c(c(C(C)C)n2)CNC3)ncn1. The molecule has 6 heteroatoms. The largest absolute Gasteiger partial charge is 0.481 e. The Kier molecular flexibility index (Phi) is 3.31. The zero-order chi connectivity index (χ0) is 14.1. The lowest BCUT2D eigenvalue weighted by Gasteiger charge is -2.12. The lowest BCUT2D eigenvalue weighted by molar-refractivity contribution is 0.397. The Balaban J connectivity index is 2.12. The van der Waals surface area contributed by atoms with E-state index < -0.39 is 0 Å². The molecule has 0 bridgehead atoms. The molecule has 0 fully saturated rings. The molecule has 0 saturated carbocycles. The highest BCUT2D eigenvalue weighted by Gasteiger charge is 2.21. The molecule has 1 aliphatic heterocycles. The number of methoxy groups -OCH3 is 1. The second-order valence-electron chi connectivity index (χ2n) is 5.06. The van der Waals surface area contributed by atoms with Gasteiger partial charge in [-0.2, -0.15) is 0 Å². The summed E-state index contributed by atoms with van der Waals surface area (Å²) in [6, 6.07) is 1.76. The van der Waals surface area contributed by atoms with Gasteiger partial charge in [-0.1, -0.05) is 13.8 Å². The van der Waals surface area contributed by atoms with E-state index >= 15 is 0 Å². The number of ether oxygens (including phenoxy) is 1. The molecule has 6 nitrogen and oxygen atoms in total. The molecule has 0 aliphatic carbocycles. The first kappa shape index (κ1) is 12.9. The third-order valence-electron chi connectivity index (χ3n) is 3.35. The molecule has 0 amide bonds. The monoisotopic (exact) mass is 271 g/mol. The fourth-order valence-corrected chi connectivity index (χ4v) is 2.36. The number of aromatic nitrogens is 4. The number of hydrogen-bond acceptors (Lipinski definition) is 6. The minimum Gasteiger partial charge on any atom is -0.481 e. The molecule has 104 valence electrons. The number of nitrogens with zero attached hydrogens (tertiary/aromatic N) is 4. The summed E-state index contributed by atoms with van der Waals surface area (Å²) in [6.07, 6.45) is 1.47. The quantitative estimate of drug-likeness (QED) is 0.915. The Hall–Kier alpha value is -2.08. The van der Waals surface area contributed by atoms with Crippen LogP contribution in [0, 0.1) is 0 Å². The van der Waals surface area contributed by atoms with Crippen LogP contribution in [0.2, 0.25) is 0 Å². The van der Waals surface area contributed by atoms with Gasteiger partial charge in [-0.3, -0.25) is 0 Å². The van der Waals surface area contributed by atoms with E-state index in [1.54, 1.807) is 13.2 Å². The van der Waals surface area contributed by atoms with E-state index in [9.17, 15) is 0 Å². The van der Waals surface area contributed by atoms with Gasteiger partial charge in [0.05, 0.1) is 18.5 Å². The maximum Gasteiger partial charge on any atom is 0.216 e. The van der Waals surface area contributed by atoms with E-state index in [4.69, 9.17) is 9.72 Å². The molecular weight excluding hydrogens is 254 g/mol. The van der Waals surface area contributed by atoms with Crippen molar-refractivity contribution in [2.24, 2.45) is 0 Å². The third kappa shape index (κ3) is 2.22. The van der Waals surface area contributed by atoms with E-state index in [0.29, 0.717) is 23.3 Å². The maximum absolute atomic E-state index is 5.13. The summed E-state index contributed by atoms with van der Waals surface area (Å²) in [7, 11) is 1.58. The van der Waals surface area contributed by atoms with Crippen molar-refractivity contribution < 1.29 is 4.74 Å². The topological polar surface area (TPSA) is 72.8 Å². The minimum atomic E-state index is 0.356. The molecule has 0 aromatic carbocycles. The lowest BCUT2D eigenvalue weighted by Crippen LogP contribution is -2.06. The molecule has 2 aromatic heterocycles. The minimum absolute atomic E-state index is 0.356. The summed E-state index contributed by atoms with van der Waals surface area (Å²) in [6.45, 7) is 5.92. The molecule has 0 radical (unpaired) electrons. The molecule has 20 heavy (non-hydrogen) atoms. The van der Waals surface area contributed by atoms with Crippen LogP contribution < -0.4 is 10.1 Å². The second kappa shape index (κ2) is 5.13. The molecule has 3 rings (SSSR count). The van der Waals surface area contributed by atoms with Gasteiger partial charge in [-0.15, -0.1) is 0 Å².